The smallest absolute Gasteiger partial charge is 0.326 e. The second-order valence-electron chi connectivity index (χ2n) is 8.85. The number of rotatable bonds is 15. The number of primary amides is 1. The Morgan fingerprint density at radius 2 is 1.76 bits per heavy atom. The molecule has 1 aliphatic heterocycles. The minimum atomic E-state index is -1.16. The van der Waals surface area contributed by atoms with Gasteiger partial charge >= 0.3 is 5.97 Å². The summed E-state index contributed by atoms with van der Waals surface area (Å²) >= 11 is 0. The maximum absolute atomic E-state index is 13.3. The Morgan fingerprint density at radius 1 is 1.09 bits per heavy atom. The molecule has 12 nitrogen and oxygen atoms in total. The zero-order valence-electron chi connectivity index (χ0n) is 20.1. The van der Waals surface area contributed by atoms with E-state index in [1.54, 1.807) is 0 Å². The Morgan fingerprint density at radius 3 is 2.32 bits per heavy atom. The number of amides is 4. The zero-order chi connectivity index (χ0) is 25.8. The average molecular weight is 485 g/mol. The van der Waals surface area contributed by atoms with E-state index in [1.807, 2.05) is 13.8 Å². The molecule has 1 aliphatic rings. The molecule has 5 unspecified atom stereocenters. The molecule has 0 aliphatic carbocycles. The summed E-state index contributed by atoms with van der Waals surface area (Å²) in [5.41, 5.74) is 16.7. The number of carbonyl (C=O) groups excluding carboxylic acids is 4. The highest BCUT2D eigenvalue weighted by molar-refractivity contribution is 5.94. The van der Waals surface area contributed by atoms with Gasteiger partial charge in [-0.25, -0.2) is 4.79 Å². The number of hydrogen-bond donors (Lipinski definition) is 6. The molecule has 1 saturated heterocycles. The van der Waals surface area contributed by atoms with Crippen molar-refractivity contribution >= 4 is 29.6 Å². The van der Waals surface area contributed by atoms with E-state index in [1.165, 1.54) is 4.90 Å². The minimum absolute atomic E-state index is 0.0329. The van der Waals surface area contributed by atoms with E-state index < -0.39 is 53.8 Å². The monoisotopic (exact) mass is 484 g/mol. The number of likely N-dealkylation sites (tertiary alicyclic amines) is 1. The number of carbonyl (C=O) groups is 5. The lowest BCUT2D eigenvalue weighted by atomic mass is 9.98. The largest absolute Gasteiger partial charge is 0.480 e. The highest BCUT2D eigenvalue weighted by Crippen LogP contribution is 2.20. The predicted octanol–water partition coefficient (Wildman–Crippen LogP) is -1.20. The topological polar surface area (TPSA) is 211 Å². The van der Waals surface area contributed by atoms with E-state index in [9.17, 15) is 29.1 Å². The molecule has 0 aromatic heterocycles. The average Bonchev–Trinajstić information content (AvgIpc) is 3.29. The van der Waals surface area contributed by atoms with Gasteiger partial charge in [0.15, 0.2) is 0 Å². The van der Waals surface area contributed by atoms with Crippen LogP contribution in [-0.4, -0.2) is 76.9 Å². The Labute approximate surface area is 200 Å². The molecule has 1 fully saturated rings. The third-order valence-electron chi connectivity index (χ3n) is 6.25. The first-order valence-corrected chi connectivity index (χ1v) is 11.9. The molecule has 194 valence electrons. The maximum Gasteiger partial charge on any atom is 0.326 e. The molecule has 1 rings (SSSR count). The molecule has 0 aromatic carbocycles. The second-order valence-corrected chi connectivity index (χ2v) is 8.85. The molecular weight excluding hydrogens is 444 g/mol. The van der Waals surface area contributed by atoms with Crippen LogP contribution in [0.2, 0.25) is 0 Å². The lowest BCUT2D eigenvalue weighted by molar-refractivity contribution is -0.145. The van der Waals surface area contributed by atoms with Gasteiger partial charge < -0.3 is 37.8 Å². The van der Waals surface area contributed by atoms with E-state index in [4.69, 9.17) is 17.2 Å². The van der Waals surface area contributed by atoms with Crippen molar-refractivity contribution in [3.63, 3.8) is 0 Å². The van der Waals surface area contributed by atoms with Crippen LogP contribution in [0.25, 0.3) is 0 Å². The van der Waals surface area contributed by atoms with Crippen LogP contribution in [0.5, 0.6) is 0 Å². The van der Waals surface area contributed by atoms with Crippen LogP contribution in [0.3, 0.4) is 0 Å². The molecule has 4 amide bonds. The van der Waals surface area contributed by atoms with Crippen molar-refractivity contribution in [1.82, 2.24) is 15.5 Å². The van der Waals surface area contributed by atoms with E-state index in [0.29, 0.717) is 38.6 Å². The maximum atomic E-state index is 13.3. The van der Waals surface area contributed by atoms with E-state index >= 15 is 0 Å². The van der Waals surface area contributed by atoms with E-state index in [0.717, 1.165) is 0 Å². The van der Waals surface area contributed by atoms with Crippen molar-refractivity contribution in [1.29, 1.82) is 0 Å². The number of nitrogens with zero attached hydrogens (tertiary/aromatic N) is 1. The number of carboxylic acids is 1. The number of nitrogens with two attached hydrogens (primary N) is 3. The SMILES string of the molecule is CCC(C)C(N)C(=O)NC(CCC(N)=O)C(=O)N1CCCC1C(=O)NC(CCCCN)C(=O)O. The number of unbranched alkanes of at least 4 members (excludes halogenated alkanes) is 1. The molecular formula is C22H40N6O6. The van der Waals surface area contributed by atoms with Crippen LogP contribution in [0.4, 0.5) is 0 Å². The molecule has 0 aromatic rings. The Kier molecular flexibility index (Phi) is 12.5. The van der Waals surface area contributed by atoms with Crippen molar-refractivity contribution in [2.75, 3.05) is 13.1 Å². The first kappa shape index (κ1) is 29.3. The van der Waals surface area contributed by atoms with Crippen molar-refractivity contribution in [2.45, 2.75) is 89.4 Å². The molecule has 9 N–H and O–H groups in total. The molecule has 1 heterocycles. The lowest BCUT2D eigenvalue weighted by Crippen LogP contribution is -2.57. The van der Waals surface area contributed by atoms with Crippen LogP contribution < -0.4 is 27.8 Å². The van der Waals surface area contributed by atoms with Gasteiger partial charge in [0.05, 0.1) is 6.04 Å². The summed E-state index contributed by atoms with van der Waals surface area (Å²) < 4.78 is 0. The molecule has 0 bridgehead atoms. The molecule has 12 heteroatoms. The van der Waals surface area contributed by atoms with Crippen molar-refractivity contribution < 1.29 is 29.1 Å². The van der Waals surface area contributed by atoms with Gasteiger partial charge in [-0.2, -0.15) is 0 Å². The van der Waals surface area contributed by atoms with Crippen LogP contribution in [0.15, 0.2) is 0 Å². The molecule has 0 radical (unpaired) electrons. The zero-order valence-corrected chi connectivity index (χ0v) is 20.1. The number of nitrogens with one attached hydrogen (secondary N) is 2. The van der Waals surface area contributed by atoms with Gasteiger partial charge in [0.25, 0.3) is 0 Å². The van der Waals surface area contributed by atoms with Crippen LogP contribution in [-0.2, 0) is 24.0 Å². The van der Waals surface area contributed by atoms with Crippen molar-refractivity contribution in [3.8, 4) is 0 Å². The van der Waals surface area contributed by atoms with Gasteiger partial charge in [0, 0.05) is 13.0 Å². The summed E-state index contributed by atoms with van der Waals surface area (Å²) in [5, 5.41) is 14.6. The third-order valence-corrected chi connectivity index (χ3v) is 6.25. The van der Waals surface area contributed by atoms with Crippen LogP contribution in [0, 0.1) is 5.92 Å². The van der Waals surface area contributed by atoms with Crippen LogP contribution >= 0.6 is 0 Å². The van der Waals surface area contributed by atoms with Crippen molar-refractivity contribution in [3.05, 3.63) is 0 Å². The van der Waals surface area contributed by atoms with E-state index in [2.05, 4.69) is 10.6 Å². The predicted molar refractivity (Wildman–Crippen MR) is 125 cm³/mol. The Bertz CT molecular complexity index is 733. The van der Waals surface area contributed by atoms with E-state index in [-0.39, 0.29) is 31.7 Å². The molecule has 34 heavy (non-hydrogen) atoms. The highest BCUT2D eigenvalue weighted by atomic mass is 16.4. The molecule has 0 spiro atoms. The second kappa shape index (κ2) is 14.5. The summed E-state index contributed by atoms with van der Waals surface area (Å²) in [6, 6.07) is -3.88. The summed E-state index contributed by atoms with van der Waals surface area (Å²) in [5.74, 6) is -3.53. The molecule has 0 saturated carbocycles. The fourth-order valence-electron chi connectivity index (χ4n) is 3.85. The van der Waals surface area contributed by atoms with Gasteiger partial charge in [-0.05, 0) is 51.0 Å². The summed E-state index contributed by atoms with van der Waals surface area (Å²) in [6.45, 7) is 4.39. The highest BCUT2D eigenvalue weighted by Gasteiger charge is 2.39. The first-order valence-electron chi connectivity index (χ1n) is 11.9. The number of carboxylic acid groups (broad SMARTS) is 1. The Hall–Kier alpha value is -2.73. The first-order chi connectivity index (χ1) is 16.0. The van der Waals surface area contributed by atoms with Gasteiger partial charge in [-0.15, -0.1) is 0 Å². The minimum Gasteiger partial charge on any atom is -0.480 e. The Balaban J connectivity index is 2.95. The summed E-state index contributed by atoms with van der Waals surface area (Å²) in [4.78, 5) is 63.0. The lowest BCUT2D eigenvalue weighted by Gasteiger charge is -2.30. The summed E-state index contributed by atoms with van der Waals surface area (Å²) in [6.07, 6.45) is 2.79. The van der Waals surface area contributed by atoms with Crippen LogP contribution in [0.1, 0.15) is 65.2 Å². The third kappa shape index (κ3) is 8.90. The molecule has 5 atom stereocenters. The normalized spacial score (nSPS) is 19.1. The van der Waals surface area contributed by atoms with Gasteiger partial charge in [0.1, 0.15) is 18.1 Å². The van der Waals surface area contributed by atoms with Gasteiger partial charge in [-0.3, -0.25) is 19.2 Å². The quantitative estimate of drug-likeness (QED) is 0.155. The van der Waals surface area contributed by atoms with Crippen molar-refractivity contribution in [2.24, 2.45) is 23.1 Å². The van der Waals surface area contributed by atoms with Gasteiger partial charge in [-0.1, -0.05) is 20.3 Å². The number of hydrogen-bond acceptors (Lipinski definition) is 7. The van der Waals surface area contributed by atoms with Gasteiger partial charge in [0.2, 0.25) is 23.6 Å². The standard InChI is InChI=1S/C22H40N6O6/c1-3-13(2)18(25)20(31)26-14(9-10-17(24)29)21(32)28-12-6-8-16(28)19(30)27-15(22(33)34)7-4-5-11-23/h13-16,18H,3-12,23,25H2,1-2H3,(H2,24,29)(H,26,31)(H,27,30)(H,33,34). The fraction of sp³-hybridized carbons (Fsp3) is 0.773. The number of aliphatic carboxylic acids is 1. The summed E-state index contributed by atoms with van der Waals surface area (Å²) in [7, 11) is 0. The fourth-order valence-corrected chi connectivity index (χ4v) is 3.85.